The first-order valence-corrected chi connectivity index (χ1v) is 13.1. The Labute approximate surface area is 208 Å². The first-order valence-electron chi connectivity index (χ1n) is 12.2. The van der Waals surface area contributed by atoms with Crippen LogP contribution in [0.15, 0.2) is 29.6 Å². The highest BCUT2D eigenvalue weighted by molar-refractivity contribution is 7.17. The van der Waals surface area contributed by atoms with Crippen LogP contribution < -0.4 is 25.6 Å². The molecule has 2 bridgehead atoms. The van der Waals surface area contributed by atoms with Crippen molar-refractivity contribution in [2.24, 2.45) is 5.73 Å². The first-order chi connectivity index (χ1) is 17.1. The molecule has 9 nitrogen and oxygen atoms in total. The number of thiophene rings is 1. The molecule has 3 unspecified atom stereocenters. The second kappa shape index (κ2) is 9.25. The Bertz CT molecular complexity index is 1230. The summed E-state index contributed by atoms with van der Waals surface area (Å²) < 4.78 is 11.6. The van der Waals surface area contributed by atoms with Gasteiger partial charge in [-0.1, -0.05) is 18.2 Å². The van der Waals surface area contributed by atoms with Crippen LogP contribution in [0.4, 0.5) is 11.8 Å². The average Bonchev–Trinajstić information content (AvgIpc) is 3.40. The lowest BCUT2D eigenvalue weighted by atomic mass is 10.0. The molecule has 0 saturated carbocycles. The second-order valence-electron chi connectivity index (χ2n) is 9.47. The van der Waals surface area contributed by atoms with Crippen molar-refractivity contribution in [2.75, 3.05) is 49.8 Å². The molecule has 3 aliphatic rings. The molecule has 3 atom stereocenters. The van der Waals surface area contributed by atoms with Crippen molar-refractivity contribution in [1.82, 2.24) is 15.3 Å². The molecule has 1 aromatic carbocycles. The summed E-state index contributed by atoms with van der Waals surface area (Å²) in [6.07, 6.45) is 2.51. The number of carbonyl (C=O) groups is 1. The Morgan fingerprint density at radius 1 is 1.23 bits per heavy atom. The van der Waals surface area contributed by atoms with Crippen LogP contribution in [0.25, 0.3) is 21.3 Å². The van der Waals surface area contributed by atoms with Crippen molar-refractivity contribution in [2.45, 2.75) is 37.4 Å². The van der Waals surface area contributed by atoms with Gasteiger partial charge in [-0.05, 0) is 18.9 Å². The molecule has 3 N–H and O–H groups in total. The number of primary amides is 1. The van der Waals surface area contributed by atoms with E-state index in [0.717, 1.165) is 72.1 Å². The van der Waals surface area contributed by atoms with Crippen molar-refractivity contribution in [3.63, 3.8) is 0 Å². The van der Waals surface area contributed by atoms with Crippen LogP contribution in [-0.2, 0) is 9.53 Å². The highest BCUT2D eigenvalue weighted by Crippen LogP contribution is 2.45. The second-order valence-corrected chi connectivity index (χ2v) is 10.3. The molecule has 3 aliphatic heterocycles. The molecule has 0 aliphatic carbocycles. The smallest absolute Gasteiger partial charge is 0.228 e. The number of nitrogens with two attached hydrogens (primary N) is 1. The number of aromatic nitrogens is 2. The topological polar surface area (TPSA) is 106 Å². The van der Waals surface area contributed by atoms with Gasteiger partial charge in [0, 0.05) is 48.6 Å². The predicted molar refractivity (Wildman–Crippen MR) is 137 cm³/mol. The summed E-state index contributed by atoms with van der Waals surface area (Å²) in [6, 6.07) is 8.74. The zero-order chi connectivity index (χ0) is 23.9. The monoisotopic (exact) mass is 494 g/mol. The number of hydrogen-bond acceptors (Lipinski definition) is 9. The third-order valence-electron chi connectivity index (χ3n) is 7.27. The van der Waals surface area contributed by atoms with Crippen molar-refractivity contribution >= 4 is 39.2 Å². The van der Waals surface area contributed by atoms with Gasteiger partial charge in [-0.25, -0.2) is 4.98 Å². The van der Waals surface area contributed by atoms with E-state index in [9.17, 15) is 4.79 Å². The number of rotatable bonds is 6. The van der Waals surface area contributed by atoms with Gasteiger partial charge in [-0.15, -0.1) is 11.3 Å². The number of methoxy groups -OCH3 is 1. The minimum absolute atomic E-state index is 0.00367. The first kappa shape index (κ1) is 22.5. The molecule has 10 heteroatoms. The fraction of sp³-hybridized carbons (Fsp3) is 0.480. The molecule has 5 heterocycles. The van der Waals surface area contributed by atoms with E-state index in [4.69, 9.17) is 25.2 Å². The zero-order valence-corrected chi connectivity index (χ0v) is 20.6. The van der Waals surface area contributed by atoms with E-state index in [1.54, 1.807) is 18.4 Å². The number of anilines is 2. The number of piperazine rings is 1. The number of carbonyl (C=O) groups excluding carboxylic acids is 1. The van der Waals surface area contributed by atoms with Crippen molar-refractivity contribution < 1.29 is 14.3 Å². The van der Waals surface area contributed by atoms with E-state index < -0.39 is 0 Å². The summed E-state index contributed by atoms with van der Waals surface area (Å²) >= 11 is 1.64. The number of morpholine rings is 1. The number of para-hydroxylation sites is 1. The lowest BCUT2D eigenvalue weighted by Gasteiger charge is -2.37. The van der Waals surface area contributed by atoms with Crippen LogP contribution in [0, 0.1) is 0 Å². The molecular formula is C25H30N6O3S. The van der Waals surface area contributed by atoms with Crippen LogP contribution in [-0.4, -0.2) is 74.0 Å². The van der Waals surface area contributed by atoms with Crippen LogP contribution in [0.2, 0.25) is 0 Å². The SMILES string of the molecule is COc1ccccc1-c1csc2nc(N3CCNC(CC(N)=O)C3)nc(N3C4CCC3COC4)c12. The van der Waals surface area contributed by atoms with Gasteiger partial charge in [0.1, 0.15) is 16.4 Å². The highest BCUT2D eigenvalue weighted by atomic mass is 32.1. The number of ether oxygens (including phenoxy) is 2. The molecule has 2 aromatic heterocycles. The van der Waals surface area contributed by atoms with E-state index >= 15 is 0 Å². The summed E-state index contributed by atoms with van der Waals surface area (Å²) in [5, 5.41) is 6.63. The maximum Gasteiger partial charge on any atom is 0.228 e. The van der Waals surface area contributed by atoms with E-state index in [1.165, 1.54) is 0 Å². The van der Waals surface area contributed by atoms with Crippen LogP contribution in [0.1, 0.15) is 19.3 Å². The van der Waals surface area contributed by atoms with Crippen molar-refractivity contribution in [3.8, 4) is 16.9 Å². The van der Waals surface area contributed by atoms with Crippen LogP contribution >= 0.6 is 11.3 Å². The number of amides is 1. The van der Waals surface area contributed by atoms with Gasteiger partial charge in [0.05, 0.1) is 37.8 Å². The minimum Gasteiger partial charge on any atom is -0.496 e. The molecule has 3 aromatic rings. The Morgan fingerprint density at radius 3 is 2.80 bits per heavy atom. The highest BCUT2D eigenvalue weighted by Gasteiger charge is 2.40. The molecule has 6 rings (SSSR count). The molecule has 35 heavy (non-hydrogen) atoms. The van der Waals surface area contributed by atoms with E-state index in [-0.39, 0.29) is 11.9 Å². The molecule has 0 radical (unpaired) electrons. The average molecular weight is 495 g/mol. The van der Waals surface area contributed by atoms with Crippen molar-refractivity contribution in [3.05, 3.63) is 29.6 Å². The normalized spacial score (nSPS) is 24.2. The standard InChI is InChI=1S/C25H30N6O3S/c1-33-20-5-3-2-4-18(20)19-14-35-24-22(19)23(31-16-6-7-17(31)13-34-12-16)28-25(29-24)30-9-8-27-15(11-30)10-21(26)32/h2-5,14-17,27H,6-13H2,1H3,(H2,26,32). The van der Waals surface area contributed by atoms with Gasteiger partial charge in [-0.2, -0.15) is 4.98 Å². The van der Waals surface area contributed by atoms with Gasteiger partial charge < -0.3 is 30.3 Å². The number of hydrogen-bond donors (Lipinski definition) is 2. The van der Waals surface area contributed by atoms with Gasteiger partial charge in [0.25, 0.3) is 0 Å². The lowest BCUT2D eigenvalue weighted by molar-refractivity contribution is -0.118. The Hall–Kier alpha value is -2.95. The number of benzene rings is 1. The van der Waals surface area contributed by atoms with Crippen LogP contribution in [0.5, 0.6) is 5.75 Å². The molecule has 184 valence electrons. The number of nitrogens with one attached hydrogen (secondary N) is 1. The maximum atomic E-state index is 11.5. The quantitative estimate of drug-likeness (QED) is 0.538. The summed E-state index contributed by atoms with van der Waals surface area (Å²) in [7, 11) is 1.71. The summed E-state index contributed by atoms with van der Waals surface area (Å²) in [5.74, 6) is 2.23. The van der Waals surface area contributed by atoms with Gasteiger partial charge in [0.15, 0.2) is 0 Å². The van der Waals surface area contributed by atoms with Gasteiger partial charge in [0.2, 0.25) is 11.9 Å². The third-order valence-corrected chi connectivity index (χ3v) is 8.14. The summed E-state index contributed by atoms with van der Waals surface area (Å²) in [6.45, 7) is 3.63. The largest absolute Gasteiger partial charge is 0.496 e. The van der Waals surface area contributed by atoms with Gasteiger partial charge >= 0.3 is 0 Å². The summed E-state index contributed by atoms with van der Waals surface area (Å²) in [4.78, 5) is 27.4. The molecule has 3 saturated heterocycles. The Kier molecular flexibility index (Phi) is 5.95. The minimum atomic E-state index is -0.300. The van der Waals surface area contributed by atoms with Crippen molar-refractivity contribution in [1.29, 1.82) is 0 Å². The molecule has 3 fully saturated rings. The molecule has 1 amide bonds. The summed E-state index contributed by atoms with van der Waals surface area (Å²) in [5.41, 5.74) is 7.61. The third kappa shape index (κ3) is 4.09. The van der Waals surface area contributed by atoms with E-state index in [0.29, 0.717) is 31.0 Å². The fourth-order valence-electron chi connectivity index (χ4n) is 5.67. The number of nitrogens with zero attached hydrogens (tertiary/aromatic N) is 4. The Balaban J connectivity index is 1.48. The van der Waals surface area contributed by atoms with Gasteiger partial charge in [-0.3, -0.25) is 4.79 Å². The maximum absolute atomic E-state index is 11.5. The molecular weight excluding hydrogens is 464 g/mol. The van der Waals surface area contributed by atoms with E-state index in [2.05, 4.69) is 26.6 Å². The number of fused-ring (bicyclic) bond motifs is 3. The predicted octanol–water partition coefficient (Wildman–Crippen LogP) is 2.39. The lowest BCUT2D eigenvalue weighted by Crippen LogP contribution is -2.52. The fourth-order valence-corrected chi connectivity index (χ4v) is 6.59. The Morgan fingerprint density at radius 2 is 2.03 bits per heavy atom. The molecule has 0 spiro atoms. The van der Waals surface area contributed by atoms with Crippen LogP contribution in [0.3, 0.4) is 0 Å². The van der Waals surface area contributed by atoms with E-state index in [1.807, 2.05) is 18.2 Å². The zero-order valence-electron chi connectivity index (χ0n) is 19.8.